The fourth-order valence-electron chi connectivity index (χ4n) is 3.72. The zero-order valence-electron chi connectivity index (χ0n) is 16.3. The number of hydrogen-bond acceptors (Lipinski definition) is 6. The number of nitrogens with zero attached hydrogens (tertiary/aromatic N) is 3. The quantitative estimate of drug-likeness (QED) is 0.603. The topological polar surface area (TPSA) is 60.6 Å². The van der Waals surface area contributed by atoms with Crippen LogP contribution in [0.2, 0.25) is 0 Å². The second-order valence-corrected chi connectivity index (χ2v) is 6.87. The third-order valence-electron chi connectivity index (χ3n) is 5.07. The molecule has 2 aromatic carbocycles. The van der Waals surface area contributed by atoms with Crippen LogP contribution in [-0.2, 0) is 6.54 Å². The van der Waals surface area contributed by atoms with Crippen molar-refractivity contribution in [2.75, 3.05) is 20.3 Å². The fourth-order valence-corrected chi connectivity index (χ4v) is 3.72. The van der Waals surface area contributed by atoms with Gasteiger partial charge in [0, 0.05) is 11.6 Å². The monoisotopic (exact) mass is 379 g/mol. The summed E-state index contributed by atoms with van der Waals surface area (Å²) in [5.74, 6) is 2.91. The zero-order chi connectivity index (χ0) is 19.3. The van der Waals surface area contributed by atoms with Gasteiger partial charge in [0.05, 0.1) is 20.3 Å². The summed E-state index contributed by atoms with van der Waals surface area (Å²) >= 11 is 0. The van der Waals surface area contributed by atoms with E-state index in [1.54, 1.807) is 7.11 Å². The average Bonchev–Trinajstić information content (AvgIpc) is 3.39. The summed E-state index contributed by atoms with van der Waals surface area (Å²) in [5.41, 5.74) is 2.19. The molecule has 0 aliphatic carbocycles. The largest absolute Gasteiger partial charge is 0.497 e. The Labute approximate surface area is 165 Å². The summed E-state index contributed by atoms with van der Waals surface area (Å²) in [6.45, 7) is 4.35. The first-order chi connectivity index (χ1) is 13.8. The van der Waals surface area contributed by atoms with Gasteiger partial charge in [-0.15, -0.1) is 0 Å². The minimum atomic E-state index is 0.364. The van der Waals surface area contributed by atoms with Gasteiger partial charge in [-0.3, -0.25) is 4.90 Å². The van der Waals surface area contributed by atoms with Gasteiger partial charge >= 0.3 is 0 Å². The molecule has 0 saturated carbocycles. The summed E-state index contributed by atoms with van der Waals surface area (Å²) < 4.78 is 16.4. The molecule has 3 aromatic rings. The van der Waals surface area contributed by atoms with Crippen LogP contribution in [0.4, 0.5) is 0 Å². The molecule has 6 nitrogen and oxygen atoms in total. The molecular formula is C22H25N3O3. The van der Waals surface area contributed by atoms with Crippen molar-refractivity contribution in [3.63, 3.8) is 0 Å². The molecule has 6 heteroatoms. The average molecular weight is 379 g/mol. The number of methoxy groups -OCH3 is 1. The van der Waals surface area contributed by atoms with Crippen molar-refractivity contribution in [2.45, 2.75) is 32.4 Å². The van der Waals surface area contributed by atoms with Crippen LogP contribution in [0, 0.1) is 0 Å². The number of benzene rings is 2. The summed E-state index contributed by atoms with van der Waals surface area (Å²) in [6.07, 6.45) is 2.29. The minimum Gasteiger partial charge on any atom is -0.497 e. The van der Waals surface area contributed by atoms with E-state index < -0.39 is 0 Å². The Hall–Kier alpha value is -2.86. The maximum Gasteiger partial charge on any atom is 0.241 e. The lowest BCUT2D eigenvalue weighted by atomic mass is 10.0. The van der Waals surface area contributed by atoms with Crippen LogP contribution < -0.4 is 9.47 Å². The molecule has 1 unspecified atom stereocenters. The first-order valence-corrected chi connectivity index (χ1v) is 9.70. The molecule has 1 aromatic heterocycles. The number of hydrogen-bond donors (Lipinski definition) is 0. The predicted octanol–water partition coefficient (Wildman–Crippen LogP) is 4.48. The maximum absolute atomic E-state index is 5.55. The third kappa shape index (κ3) is 4.02. The fraction of sp³-hybridized carbons (Fsp3) is 0.364. The molecule has 0 bridgehead atoms. The van der Waals surface area contributed by atoms with Crippen molar-refractivity contribution in [3.8, 4) is 22.9 Å². The molecule has 1 aliphatic rings. The van der Waals surface area contributed by atoms with Crippen LogP contribution >= 0.6 is 0 Å². The number of ether oxygens (including phenoxy) is 2. The zero-order valence-corrected chi connectivity index (χ0v) is 16.3. The molecule has 0 N–H and O–H groups in total. The van der Waals surface area contributed by atoms with E-state index in [9.17, 15) is 0 Å². The van der Waals surface area contributed by atoms with Crippen molar-refractivity contribution < 1.29 is 14.0 Å². The summed E-state index contributed by atoms with van der Waals surface area (Å²) in [6, 6.07) is 16.5. The highest BCUT2D eigenvalue weighted by Gasteiger charge is 2.27. The molecule has 0 amide bonds. The van der Waals surface area contributed by atoms with Gasteiger partial charge in [-0.25, -0.2) is 0 Å². The van der Waals surface area contributed by atoms with E-state index in [0.29, 0.717) is 30.9 Å². The molecule has 1 atom stereocenters. The van der Waals surface area contributed by atoms with Gasteiger partial charge in [0.25, 0.3) is 0 Å². The number of aromatic nitrogens is 2. The van der Waals surface area contributed by atoms with Crippen molar-refractivity contribution in [1.29, 1.82) is 0 Å². The molecule has 1 fully saturated rings. The van der Waals surface area contributed by atoms with Gasteiger partial charge in [-0.05, 0) is 56.1 Å². The molecule has 2 heterocycles. The Bertz CT molecular complexity index is 907. The standard InChI is InChI=1S/C22H25N3O3/c1-3-27-18-11-9-16(10-12-18)20-8-5-13-25(20)15-21-23-22(24-28-21)17-6-4-7-19(14-17)26-2/h4,6-7,9-12,14,20H,3,5,8,13,15H2,1-2H3. The van der Waals surface area contributed by atoms with Crippen LogP contribution in [0.25, 0.3) is 11.4 Å². The van der Waals surface area contributed by atoms with Gasteiger partial charge < -0.3 is 14.0 Å². The van der Waals surface area contributed by atoms with E-state index in [0.717, 1.165) is 36.4 Å². The van der Waals surface area contributed by atoms with Crippen LogP contribution in [0.1, 0.15) is 37.3 Å². The van der Waals surface area contributed by atoms with Gasteiger partial charge in [0.15, 0.2) is 0 Å². The summed E-state index contributed by atoms with van der Waals surface area (Å²) in [5, 5.41) is 4.15. The highest BCUT2D eigenvalue weighted by atomic mass is 16.5. The van der Waals surface area contributed by atoms with Gasteiger partial charge in [0.1, 0.15) is 11.5 Å². The maximum atomic E-state index is 5.55. The first kappa shape index (κ1) is 18.5. The van der Waals surface area contributed by atoms with E-state index in [2.05, 4.69) is 27.2 Å². The smallest absolute Gasteiger partial charge is 0.241 e. The summed E-state index contributed by atoms with van der Waals surface area (Å²) in [4.78, 5) is 6.99. The van der Waals surface area contributed by atoms with Crippen LogP contribution in [0.3, 0.4) is 0 Å². The Morgan fingerprint density at radius 1 is 1.14 bits per heavy atom. The Morgan fingerprint density at radius 3 is 2.79 bits per heavy atom. The van der Waals surface area contributed by atoms with Gasteiger partial charge in [-0.1, -0.05) is 29.4 Å². The lowest BCUT2D eigenvalue weighted by Gasteiger charge is -2.23. The Morgan fingerprint density at radius 2 is 2.00 bits per heavy atom. The van der Waals surface area contributed by atoms with E-state index in [-0.39, 0.29) is 0 Å². The van der Waals surface area contributed by atoms with Crippen LogP contribution in [-0.4, -0.2) is 35.3 Å². The highest BCUT2D eigenvalue weighted by molar-refractivity contribution is 5.56. The van der Waals surface area contributed by atoms with E-state index in [1.807, 2.05) is 43.3 Å². The van der Waals surface area contributed by atoms with Crippen molar-refractivity contribution in [3.05, 3.63) is 60.0 Å². The second kappa shape index (κ2) is 8.44. The lowest BCUT2D eigenvalue weighted by molar-refractivity contribution is 0.212. The first-order valence-electron chi connectivity index (χ1n) is 9.70. The number of likely N-dealkylation sites (tertiary alicyclic amines) is 1. The van der Waals surface area contributed by atoms with Gasteiger partial charge in [0.2, 0.25) is 11.7 Å². The molecule has 146 valence electrons. The van der Waals surface area contributed by atoms with Crippen molar-refractivity contribution >= 4 is 0 Å². The predicted molar refractivity (Wildman–Crippen MR) is 106 cm³/mol. The van der Waals surface area contributed by atoms with E-state index in [1.165, 1.54) is 5.56 Å². The lowest BCUT2D eigenvalue weighted by Crippen LogP contribution is -2.22. The van der Waals surface area contributed by atoms with Crippen molar-refractivity contribution in [1.82, 2.24) is 15.0 Å². The third-order valence-corrected chi connectivity index (χ3v) is 5.07. The SMILES string of the molecule is CCOc1ccc(C2CCCN2Cc2nc(-c3cccc(OC)c3)no2)cc1. The summed E-state index contributed by atoms with van der Waals surface area (Å²) in [7, 11) is 1.65. The van der Waals surface area contributed by atoms with Crippen molar-refractivity contribution in [2.24, 2.45) is 0 Å². The molecular weight excluding hydrogens is 354 g/mol. The molecule has 4 rings (SSSR count). The normalized spacial score (nSPS) is 17.0. The molecule has 1 saturated heterocycles. The number of rotatable bonds is 7. The van der Waals surface area contributed by atoms with E-state index in [4.69, 9.17) is 14.0 Å². The second-order valence-electron chi connectivity index (χ2n) is 6.87. The van der Waals surface area contributed by atoms with Crippen LogP contribution in [0.5, 0.6) is 11.5 Å². The van der Waals surface area contributed by atoms with Gasteiger partial charge in [-0.2, -0.15) is 4.98 Å². The molecule has 0 spiro atoms. The molecule has 1 aliphatic heterocycles. The Kier molecular flexibility index (Phi) is 5.58. The minimum absolute atomic E-state index is 0.364. The molecule has 28 heavy (non-hydrogen) atoms. The molecule has 0 radical (unpaired) electrons. The highest BCUT2D eigenvalue weighted by Crippen LogP contribution is 2.34. The Balaban J connectivity index is 1.47. The van der Waals surface area contributed by atoms with Crippen LogP contribution in [0.15, 0.2) is 53.1 Å². The van der Waals surface area contributed by atoms with E-state index >= 15 is 0 Å².